The molecule has 30 heavy (non-hydrogen) atoms. The molecule has 156 valence electrons. The Morgan fingerprint density at radius 3 is 2.87 bits per heavy atom. The summed E-state index contributed by atoms with van der Waals surface area (Å²) < 4.78 is 0. The molecule has 0 saturated carbocycles. The van der Waals surface area contributed by atoms with Gasteiger partial charge in [0.1, 0.15) is 6.04 Å². The first kappa shape index (κ1) is 20.3. The van der Waals surface area contributed by atoms with Crippen molar-refractivity contribution in [3.8, 4) is 12.1 Å². The summed E-state index contributed by atoms with van der Waals surface area (Å²) in [7, 11) is 0. The fourth-order valence-electron chi connectivity index (χ4n) is 5.14. The minimum atomic E-state index is -0.732. The number of hydrogen-bond acceptors (Lipinski definition) is 6. The van der Waals surface area contributed by atoms with Gasteiger partial charge in [-0.25, -0.2) is 0 Å². The maximum atomic E-state index is 13.1. The van der Waals surface area contributed by atoms with E-state index in [0.717, 1.165) is 18.4 Å². The van der Waals surface area contributed by atoms with Gasteiger partial charge in [0, 0.05) is 25.7 Å². The van der Waals surface area contributed by atoms with Crippen LogP contribution in [0.3, 0.4) is 0 Å². The Bertz CT molecular complexity index is 934. The Morgan fingerprint density at radius 1 is 1.37 bits per heavy atom. The van der Waals surface area contributed by atoms with Gasteiger partial charge in [0.05, 0.1) is 35.8 Å². The zero-order valence-electron chi connectivity index (χ0n) is 17.1. The number of amides is 2. The number of rotatable bonds is 5. The van der Waals surface area contributed by atoms with E-state index in [9.17, 15) is 14.9 Å². The summed E-state index contributed by atoms with van der Waals surface area (Å²) in [4.78, 5) is 31.3. The molecule has 2 bridgehead atoms. The Kier molecular flexibility index (Phi) is 5.46. The van der Waals surface area contributed by atoms with Crippen LogP contribution in [0.5, 0.6) is 0 Å². The normalized spacial score (nSPS) is 27.7. The summed E-state index contributed by atoms with van der Waals surface area (Å²) >= 11 is 0. The van der Waals surface area contributed by atoms with Crippen LogP contribution >= 0.6 is 0 Å². The zero-order valence-corrected chi connectivity index (χ0v) is 17.1. The quantitative estimate of drug-likeness (QED) is 0.771. The number of nitrogens with zero attached hydrogens (tertiary/aromatic N) is 5. The zero-order chi connectivity index (χ0) is 21.4. The van der Waals surface area contributed by atoms with Crippen molar-refractivity contribution in [1.82, 2.24) is 14.7 Å². The van der Waals surface area contributed by atoms with Crippen LogP contribution in [0.4, 0.5) is 0 Å². The second-order valence-electron chi connectivity index (χ2n) is 8.44. The lowest BCUT2D eigenvalue weighted by molar-refractivity contribution is -0.140. The van der Waals surface area contributed by atoms with E-state index in [1.807, 2.05) is 34.9 Å². The number of hydrogen-bond donors (Lipinski definition) is 1. The van der Waals surface area contributed by atoms with Crippen molar-refractivity contribution >= 4 is 11.8 Å². The molecule has 3 aliphatic heterocycles. The molecule has 1 aromatic rings. The van der Waals surface area contributed by atoms with Gasteiger partial charge in [0.2, 0.25) is 11.8 Å². The maximum absolute atomic E-state index is 13.1. The average molecular weight is 406 g/mol. The molecule has 0 spiro atoms. The molecule has 0 radical (unpaired) electrons. The third-order valence-corrected chi connectivity index (χ3v) is 6.66. The minimum Gasteiger partial charge on any atom is -0.330 e. The number of fused-ring (bicyclic) bond motifs is 2. The highest BCUT2D eigenvalue weighted by atomic mass is 16.2. The standard InChI is InChI=1S/C22H26N6O2/c1-14(16-5-2-4-15(8-16)10-23)28-18-9-20(22(28)30)26(12-18)13-19(25)21(29)27-7-3-6-17(27)11-24/h2,4-5,8,14,17-20H,3,6-7,9,12-13,25H2,1H3/t14-,17?,18?,19?,20-/m0/s1. The molecule has 3 unspecified atom stereocenters. The SMILES string of the molecule is C[C@@H](c1cccc(C#N)c1)N1C(=O)[C@@H]2CC1CN2CC(N)C(=O)N1CCCC1C#N. The minimum absolute atomic E-state index is 0.0526. The summed E-state index contributed by atoms with van der Waals surface area (Å²) in [6, 6.07) is 10.3. The van der Waals surface area contributed by atoms with Crippen molar-refractivity contribution in [1.29, 1.82) is 10.5 Å². The number of carbonyl (C=O) groups excluding carboxylic acids is 2. The van der Waals surface area contributed by atoms with Crippen molar-refractivity contribution in [2.75, 3.05) is 19.6 Å². The van der Waals surface area contributed by atoms with Gasteiger partial charge >= 0.3 is 0 Å². The molecule has 5 atom stereocenters. The lowest BCUT2D eigenvalue weighted by Crippen LogP contribution is -2.56. The Hall–Kier alpha value is -2.94. The molecule has 3 fully saturated rings. The Labute approximate surface area is 176 Å². The van der Waals surface area contributed by atoms with Crippen LogP contribution in [0.1, 0.15) is 43.4 Å². The Morgan fingerprint density at radius 2 is 2.17 bits per heavy atom. The largest absolute Gasteiger partial charge is 0.330 e. The highest BCUT2D eigenvalue weighted by molar-refractivity contribution is 5.87. The molecule has 0 aromatic heterocycles. The molecular weight excluding hydrogens is 380 g/mol. The third-order valence-electron chi connectivity index (χ3n) is 6.66. The number of nitrogens with two attached hydrogens (primary N) is 1. The van der Waals surface area contributed by atoms with Gasteiger partial charge in [0.25, 0.3) is 0 Å². The number of nitriles is 2. The van der Waals surface area contributed by atoms with Crippen LogP contribution in [0.2, 0.25) is 0 Å². The van der Waals surface area contributed by atoms with Crippen LogP contribution in [0.15, 0.2) is 24.3 Å². The van der Waals surface area contributed by atoms with Crippen LogP contribution in [-0.4, -0.2) is 70.3 Å². The number of likely N-dealkylation sites (tertiary alicyclic amines) is 3. The molecule has 1 aromatic carbocycles. The van der Waals surface area contributed by atoms with Crippen LogP contribution in [0.25, 0.3) is 0 Å². The van der Waals surface area contributed by atoms with Gasteiger partial charge in [-0.3, -0.25) is 14.5 Å². The van der Waals surface area contributed by atoms with Crippen LogP contribution in [-0.2, 0) is 9.59 Å². The van der Waals surface area contributed by atoms with E-state index in [2.05, 4.69) is 12.1 Å². The van der Waals surface area contributed by atoms with Crippen molar-refractivity contribution in [2.45, 2.75) is 56.4 Å². The molecule has 2 amide bonds. The van der Waals surface area contributed by atoms with E-state index >= 15 is 0 Å². The van der Waals surface area contributed by atoms with E-state index in [-0.39, 0.29) is 36.0 Å². The third kappa shape index (κ3) is 3.43. The predicted molar refractivity (Wildman–Crippen MR) is 109 cm³/mol. The average Bonchev–Trinajstić information content (AvgIpc) is 3.47. The first-order valence-electron chi connectivity index (χ1n) is 10.5. The summed E-state index contributed by atoms with van der Waals surface area (Å²) in [6.07, 6.45) is 2.25. The smallest absolute Gasteiger partial charge is 0.241 e. The van der Waals surface area contributed by atoms with Gasteiger partial charge in [-0.2, -0.15) is 10.5 Å². The molecule has 8 heteroatoms. The number of carbonyl (C=O) groups is 2. The first-order chi connectivity index (χ1) is 14.4. The van der Waals surface area contributed by atoms with E-state index in [0.29, 0.717) is 31.6 Å². The highest BCUT2D eigenvalue weighted by Gasteiger charge is 2.51. The molecular formula is C22H26N6O2. The number of piperazine rings is 1. The maximum Gasteiger partial charge on any atom is 0.241 e. The van der Waals surface area contributed by atoms with Gasteiger partial charge in [-0.05, 0) is 43.9 Å². The molecule has 2 N–H and O–H groups in total. The van der Waals surface area contributed by atoms with Crippen molar-refractivity contribution in [2.24, 2.45) is 5.73 Å². The lowest BCUT2D eigenvalue weighted by atomic mass is 10.0. The van der Waals surface area contributed by atoms with E-state index in [4.69, 9.17) is 11.0 Å². The van der Waals surface area contributed by atoms with Crippen LogP contribution in [0, 0.1) is 22.7 Å². The van der Waals surface area contributed by atoms with Gasteiger partial charge < -0.3 is 15.5 Å². The van der Waals surface area contributed by atoms with E-state index < -0.39 is 6.04 Å². The molecule has 3 saturated heterocycles. The Balaban J connectivity index is 1.40. The molecule has 0 aliphatic carbocycles. The van der Waals surface area contributed by atoms with E-state index in [1.165, 1.54) is 0 Å². The molecule has 8 nitrogen and oxygen atoms in total. The van der Waals surface area contributed by atoms with Crippen molar-refractivity contribution < 1.29 is 9.59 Å². The fourth-order valence-corrected chi connectivity index (χ4v) is 5.14. The molecule has 3 heterocycles. The summed E-state index contributed by atoms with van der Waals surface area (Å²) in [5.41, 5.74) is 7.72. The number of benzene rings is 1. The van der Waals surface area contributed by atoms with Crippen molar-refractivity contribution in [3.63, 3.8) is 0 Å². The van der Waals surface area contributed by atoms with Gasteiger partial charge in [-0.15, -0.1) is 0 Å². The van der Waals surface area contributed by atoms with E-state index in [1.54, 1.807) is 11.0 Å². The highest BCUT2D eigenvalue weighted by Crippen LogP contribution is 2.38. The van der Waals surface area contributed by atoms with Gasteiger partial charge in [0.15, 0.2) is 0 Å². The summed E-state index contributed by atoms with van der Waals surface area (Å²) in [5.74, 6) is -0.148. The monoisotopic (exact) mass is 406 g/mol. The second kappa shape index (κ2) is 8.06. The molecule has 3 aliphatic rings. The fraction of sp³-hybridized carbons (Fsp3) is 0.545. The van der Waals surface area contributed by atoms with Gasteiger partial charge in [-0.1, -0.05) is 12.1 Å². The van der Waals surface area contributed by atoms with Crippen molar-refractivity contribution in [3.05, 3.63) is 35.4 Å². The topological polar surface area (TPSA) is 117 Å². The lowest BCUT2D eigenvalue weighted by Gasteiger charge is -2.38. The first-order valence-corrected chi connectivity index (χ1v) is 10.5. The predicted octanol–water partition coefficient (Wildman–Crippen LogP) is 0.746. The second-order valence-corrected chi connectivity index (χ2v) is 8.44. The summed E-state index contributed by atoms with van der Waals surface area (Å²) in [5, 5.41) is 18.4. The van der Waals surface area contributed by atoms with Crippen LogP contribution < -0.4 is 5.73 Å². The molecule has 4 rings (SSSR count). The summed E-state index contributed by atoms with van der Waals surface area (Å²) in [6.45, 7) is 3.57.